The molecule has 3 heterocycles. The summed E-state index contributed by atoms with van der Waals surface area (Å²) in [5.41, 5.74) is 4.72. The molecular formula is C27H30ClN5O3S. The van der Waals surface area contributed by atoms with Crippen molar-refractivity contribution >= 4 is 58.9 Å². The van der Waals surface area contributed by atoms with Crippen LogP contribution in [0.4, 0.5) is 4.79 Å². The van der Waals surface area contributed by atoms with Crippen molar-refractivity contribution in [1.29, 1.82) is 0 Å². The summed E-state index contributed by atoms with van der Waals surface area (Å²) >= 11 is 6.62. The first kappa shape index (κ1) is 26.8. The Hall–Kier alpha value is -3.30. The smallest absolute Gasteiger partial charge is 0.409 e. The lowest BCUT2D eigenvalue weighted by Gasteiger charge is -2.39. The van der Waals surface area contributed by atoms with Crippen LogP contribution in [0.2, 0.25) is 5.02 Å². The Kier molecular flexibility index (Phi) is 7.94. The summed E-state index contributed by atoms with van der Waals surface area (Å²) in [6.45, 7) is 7.60. The van der Waals surface area contributed by atoms with Gasteiger partial charge in [-0.25, -0.2) is 9.78 Å². The lowest BCUT2D eigenvalue weighted by molar-refractivity contribution is 0.0414. The second-order valence-corrected chi connectivity index (χ2v) is 9.62. The van der Waals surface area contributed by atoms with E-state index in [9.17, 15) is 9.59 Å². The number of aromatic nitrogens is 3. The zero-order valence-corrected chi connectivity index (χ0v) is 22.8. The van der Waals surface area contributed by atoms with Crippen LogP contribution in [0.5, 0.6) is 0 Å². The molecule has 1 atom stereocenters. The Morgan fingerprint density at radius 1 is 1.11 bits per heavy atom. The van der Waals surface area contributed by atoms with Crippen LogP contribution in [0, 0.1) is 6.92 Å². The number of piperazine rings is 1. The Morgan fingerprint density at radius 2 is 1.92 bits per heavy atom. The molecule has 0 saturated carbocycles. The number of aromatic amines is 1. The van der Waals surface area contributed by atoms with E-state index in [1.54, 1.807) is 21.9 Å². The van der Waals surface area contributed by atoms with Crippen LogP contribution in [0.1, 0.15) is 36.3 Å². The highest BCUT2D eigenvalue weighted by molar-refractivity contribution is 7.59. The lowest BCUT2D eigenvalue weighted by atomic mass is 10.0. The second-order valence-electron chi connectivity index (χ2n) is 9.21. The first-order chi connectivity index (χ1) is 17.4. The van der Waals surface area contributed by atoms with E-state index in [0.717, 1.165) is 39.7 Å². The van der Waals surface area contributed by atoms with E-state index in [1.165, 1.54) is 0 Å². The highest BCUT2D eigenvalue weighted by Gasteiger charge is 2.31. The van der Waals surface area contributed by atoms with Crippen LogP contribution < -0.4 is 0 Å². The summed E-state index contributed by atoms with van der Waals surface area (Å²) < 4.78 is 5.25. The molecule has 0 aliphatic carbocycles. The maximum absolute atomic E-state index is 13.4. The number of pyridine rings is 1. The van der Waals surface area contributed by atoms with Gasteiger partial charge in [0.05, 0.1) is 28.4 Å². The van der Waals surface area contributed by atoms with Gasteiger partial charge < -0.3 is 14.5 Å². The van der Waals surface area contributed by atoms with Gasteiger partial charge in [0.1, 0.15) is 0 Å². The summed E-state index contributed by atoms with van der Waals surface area (Å²) in [5, 5.41) is 9.68. The highest BCUT2D eigenvalue weighted by Crippen LogP contribution is 2.31. The summed E-state index contributed by atoms with van der Waals surface area (Å²) in [6.07, 6.45) is 0.454. The second kappa shape index (κ2) is 11.0. The van der Waals surface area contributed by atoms with Gasteiger partial charge >= 0.3 is 6.09 Å². The maximum Gasteiger partial charge on any atom is 0.409 e. The fraction of sp³-hybridized carbons (Fsp3) is 0.333. The third-order valence-corrected chi connectivity index (χ3v) is 6.94. The number of carbonyl (C=O) groups excluding carboxylic acids is 2. The van der Waals surface area contributed by atoms with E-state index in [-0.39, 0.29) is 31.5 Å². The van der Waals surface area contributed by atoms with Crippen LogP contribution in [-0.2, 0) is 4.74 Å². The number of aryl methyl sites for hydroxylation is 1. The van der Waals surface area contributed by atoms with Crippen LogP contribution >= 0.6 is 25.1 Å². The predicted octanol–water partition coefficient (Wildman–Crippen LogP) is 5.55. The Bertz CT molecular complexity index is 1470. The molecule has 5 rings (SSSR count). The average Bonchev–Trinajstić information content (AvgIpc) is 3.26. The van der Waals surface area contributed by atoms with Crippen molar-refractivity contribution in [1.82, 2.24) is 25.0 Å². The van der Waals surface area contributed by atoms with Crippen molar-refractivity contribution in [2.75, 3.05) is 26.2 Å². The largest absolute Gasteiger partial charge is 0.449 e. The van der Waals surface area contributed by atoms with Gasteiger partial charge in [-0.1, -0.05) is 30.7 Å². The SMILES string of the molecule is CCCOC(=O)N1CCN(C(=O)c2ccc3c(Cl)cc(-c4ccc5n[nH]c(C)c5c4)nc3c2)[C@@H](C)C1.S. The Morgan fingerprint density at radius 3 is 2.68 bits per heavy atom. The quantitative estimate of drug-likeness (QED) is 0.367. The number of fused-ring (bicyclic) bond motifs is 2. The van der Waals surface area contributed by atoms with Gasteiger partial charge in [-0.15, -0.1) is 0 Å². The number of rotatable bonds is 4. The van der Waals surface area contributed by atoms with Crippen LogP contribution in [0.15, 0.2) is 42.5 Å². The monoisotopic (exact) mass is 539 g/mol. The van der Waals surface area contributed by atoms with Crippen molar-refractivity contribution in [3.8, 4) is 11.3 Å². The fourth-order valence-corrected chi connectivity index (χ4v) is 4.90. The van der Waals surface area contributed by atoms with E-state index < -0.39 is 0 Å². The number of hydrogen-bond donors (Lipinski definition) is 1. The van der Waals surface area contributed by atoms with Crippen molar-refractivity contribution in [3.63, 3.8) is 0 Å². The topological polar surface area (TPSA) is 91.4 Å². The fourth-order valence-electron chi connectivity index (χ4n) is 4.64. The van der Waals surface area contributed by atoms with Crippen LogP contribution in [-0.4, -0.2) is 69.3 Å². The summed E-state index contributed by atoms with van der Waals surface area (Å²) in [4.78, 5) is 33.9. The number of benzene rings is 2. The number of ether oxygens (including phenoxy) is 1. The molecule has 2 amide bonds. The van der Waals surface area contributed by atoms with Gasteiger partial charge in [0, 0.05) is 53.3 Å². The number of halogens is 1. The molecule has 1 N–H and O–H groups in total. The van der Waals surface area contributed by atoms with Crippen LogP contribution in [0.3, 0.4) is 0 Å². The lowest BCUT2D eigenvalue weighted by Crippen LogP contribution is -2.55. The zero-order chi connectivity index (χ0) is 25.4. The van der Waals surface area contributed by atoms with Gasteiger partial charge in [-0.05, 0) is 50.6 Å². The molecule has 0 spiro atoms. The van der Waals surface area contributed by atoms with E-state index >= 15 is 0 Å². The first-order valence-corrected chi connectivity index (χ1v) is 12.5. The standard InChI is InChI=1S/C27H28ClN5O3.H2S/c1-4-11-36-27(35)32-9-10-33(16(2)15-32)26(34)19-5-7-20-22(28)14-24(29-25(20)13-19)18-6-8-23-21(12-18)17(3)30-31-23;/h5-8,12-14,16H,4,9-11,15H2,1-3H3,(H,30,31);1H2/t16-;/m0./s1. The molecule has 194 valence electrons. The molecule has 1 saturated heterocycles. The number of carbonyl (C=O) groups is 2. The number of amides is 2. The number of nitrogens with one attached hydrogen (secondary N) is 1. The minimum atomic E-state index is -0.323. The first-order valence-electron chi connectivity index (χ1n) is 12.1. The molecule has 1 aliphatic rings. The van der Waals surface area contributed by atoms with E-state index in [1.807, 2.05) is 51.1 Å². The molecule has 2 aromatic carbocycles. The molecule has 1 aliphatic heterocycles. The van der Waals surface area contributed by atoms with E-state index in [0.29, 0.717) is 42.3 Å². The summed E-state index contributed by atoms with van der Waals surface area (Å²) in [5.74, 6) is -0.0928. The molecular weight excluding hydrogens is 510 g/mol. The normalized spacial score (nSPS) is 15.6. The molecule has 8 nitrogen and oxygen atoms in total. The molecule has 4 aromatic rings. The van der Waals surface area contributed by atoms with Gasteiger partial charge in [0.15, 0.2) is 0 Å². The van der Waals surface area contributed by atoms with Gasteiger partial charge in [0.25, 0.3) is 5.91 Å². The number of H-pyrrole nitrogens is 1. The maximum atomic E-state index is 13.4. The molecule has 1 fully saturated rings. The molecule has 0 radical (unpaired) electrons. The van der Waals surface area contributed by atoms with Gasteiger partial charge in [-0.2, -0.15) is 18.6 Å². The molecule has 10 heteroatoms. The summed E-state index contributed by atoms with van der Waals surface area (Å²) in [7, 11) is 0. The van der Waals surface area contributed by atoms with Crippen molar-refractivity contribution in [2.45, 2.75) is 33.2 Å². The Labute approximate surface area is 227 Å². The zero-order valence-electron chi connectivity index (χ0n) is 21.0. The van der Waals surface area contributed by atoms with Crippen molar-refractivity contribution < 1.29 is 14.3 Å². The van der Waals surface area contributed by atoms with Crippen molar-refractivity contribution in [2.24, 2.45) is 0 Å². The Balaban J connectivity index is 0.00000320. The highest BCUT2D eigenvalue weighted by atomic mass is 35.5. The third-order valence-electron chi connectivity index (χ3n) is 6.62. The van der Waals surface area contributed by atoms with E-state index in [4.69, 9.17) is 21.3 Å². The minimum absolute atomic E-state index is 0. The number of nitrogens with zero attached hydrogens (tertiary/aromatic N) is 4. The minimum Gasteiger partial charge on any atom is -0.449 e. The average molecular weight is 540 g/mol. The third kappa shape index (κ3) is 5.24. The predicted molar refractivity (Wildman–Crippen MR) is 151 cm³/mol. The molecule has 0 bridgehead atoms. The molecule has 37 heavy (non-hydrogen) atoms. The van der Waals surface area contributed by atoms with Gasteiger partial charge in [0.2, 0.25) is 0 Å². The molecule has 0 unspecified atom stereocenters. The summed E-state index contributed by atoms with van der Waals surface area (Å²) in [6, 6.07) is 13.1. The number of hydrogen-bond acceptors (Lipinski definition) is 5. The van der Waals surface area contributed by atoms with Crippen molar-refractivity contribution in [3.05, 3.63) is 58.7 Å². The molecule has 2 aromatic heterocycles. The van der Waals surface area contributed by atoms with E-state index in [2.05, 4.69) is 10.2 Å². The van der Waals surface area contributed by atoms with Crippen LogP contribution in [0.25, 0.3) is 33.1 Å². The van der Waals surface area contributed by atoms with Gasteiger partial charge in [-0.3, -0.25) is 9.89 Å².